The van der Waals surface area contributed by atoms with Crippen LogP contribution in [0.5, 0.6) is 0 Å². The molecule has 0 spiro atoms. The lowest BCUT2D eigenvalue weighted by Gasteiger charge is -2.10. The Labute approximate surface area is 130 Å². The molecule has 0 atom stereocenters. The van der Waals surface area contributed by atoms with Crippen molar-refractivity contribution in [2.45, 2.75) is 5.51 Å². The van der Waals surface area contributed by atoms with E-state index in [4.69, 9.17) is 5.11 Å². The first-order valence-electron chi connectivity index (χ1n) is 5.47. The van der Waals surface area contributed by atoms with Crippen LogP contribution in [0.25, 0.3) is 0 Å². The van der Waals surface area contributed by atoms with Gasteiger partial charge < -0.3 is 15.7 Å². The zero-order valence-corrected chi connectivity index (χ0v) is 12.7. The van der Waals surface area contributed by atoms with Crippen molar-refractivity contribution in [2.24, 2.45) is 0 Å². The molecule has 0 unspecified atom stereocenters. The fourth-order valence-corrected chi connectivity index (χ4v) is 2.03. The minimum Gasteiger partial charge on any atom is -0.478 e. The standard InChI is InChI=1S/C11H10BrF3N2O3S/c12-7-2-1-6(9(18)19)5-8(7)17-10(20)16-3-4-21-11(13,14)15/h1-2,5H,3-4H2,(H,18,19)(H2,16,17,20). The van der Waals surface area contributed by atoms with Crippen LogP contribution in [0.15, 0.2) is 22.7 Å². The molecule has 0 saturated carbocycles. The molecule has 0 heterocycles. The Bertz CT molecular complexity index is 540. The lowest BCUT2D eigenvalue weighted by atomic mass is 10.2. The SMILES string of the molecule is O=C(NCCSC(F)(F)F)Nc1cc(C(=O)O)ccc1Br. The number of hydrogen-bond donors (Lipinski definition) is 3. The van der Waals surface area contributed by atoms with Gasteiger partial charge in [-0.1, -0.05) is 0 Å². The number of benzene rings is 1. The summed E-state index contributed by atoms with van der Waals surface area (Å²) in [6.07, 6.45) is 0. The number of carboxylic acid groups (broad SMARTS) is 1. The Morgan fingerprint density at radius 2 is 2.00 bits per heavy atom. The molecule has 10 heteroatoms. The summed E-state index contributed by atoms with van der Waals surface area (Å²) in [6.45, 7) is -0.174. The van der Waals surface area contributed by atoms with Crippen LogP contribution >= 0.6 is 27.7 Å². The number of urea groups is 1. The molecule has 1 aromatic rings. The number of thioether (sulfide) groups is 1. The van der Waals surface area contributed by atoms with Crippen LogP contribution in [0.1, 0.15) is 10.4 Å². The molecular formula is C11H10BrF3N2O3S. The number of amides is 2. The molecule has 5 nitrogen and oxygen atoms in total. The molecule has 0 aliphatic heterocycles. The fraction of sp³-hybridized carbons (Fsp3) is 0.273. The summed E-state index contributed by atoms with van der Waals surface area (Å²) < 4.78 is 36.1. The highest BCUT2D eigenvalue weighted by atomic mass is 79.9. The van der Waals surface area contributed by atoms with Gasteiger partial charge in [0.2, 0.25) is 0 Å². The number of anilines is 1. The predicted molar refractivity (Wildman–Crippen MR) is 76.6 cm³/mol. The highest BCUT2D eigenvalue weighted by molar-refractivity contribution is 9.10. The van der Waals surface area contributed by atoms with Gasteiger partial charge in [-0.25, -0.2) is 9.59 Å². The number of nitrogens with one attached hydrogen (secondary N) is 2. The van der Waals surface area contributed by atoms with E-state index in [0.717, 1.165) is 0 Å². The number of carbonyl (C=O) groups excluding carboxylic acids is 1. The average Bonchev–Trinajstić information content (AvgIpc) is 2.36. The van der Waals surface area contributed by atoms with Gasteiger partial charge in [0.1, 0.15) is 0 Å². The van der Waals surface area contributed by atoms with Gasteiger partial charge in [-0.3, -0.25) is 0 Å². The van der Waals surface area contributed by atoms with Gasteiger partial charge in [-0.15, -0.1) is 0 Å². The number of carboxylic acids is 1. The van der Waals surface area contributed by atoms with E-state index >= 15 is 0 Å². The molecule has 0 radical (unpaired) electrons. The second-order valence-electron chi connectivity index (χ2n) is 3.67. The van der Waals surface area contributed by atoms with Gasteiger partial charge in [-0.2, -0.15) is 13.2 Å². The van der Waals surface area contributed by atoms with Gasteiger partial charge in [0.15, 0.2) is 0 Å². The van der Waals surface area contributed by atoms with Crippen molar-refractivity contribution >= 4 is 45.4 Å². The molecule has 21 heavy (non-hydrogen) atoms. The summed E-state index contributed by atoms with van der Waals surface area (Å²) in [6, 6.07) is 3.30. The van der Waals surface area contributed by atoms with Crippen molar-refractivity contribution in [3.8, 4) is 0 Å². The normalized spacial score (nSPS) is 11.0. The van der Waals surface area contributed by atoms with Crippen molar-refractivity contribution in [3.63, 3.8) is 0 Å². The second kappa shape index (κ2) is 7.55. The predicted octanol–water partition coefficient (Wildman–Crippen LogP) is 3.52. The fourth-order valence-electron chi connectivity index (χ4n) is 1.25. The third-order valence-electron chi connectivity index (χ3n) is 2.11. The first-order chi connectivity index (χ1) is 9.69. The van der Waals surface area contributed by atoms with E-state index in [0.29, 0.717) is 4.47 Å². The van der Waals surface area contributed by atoms with Crippen molar-refractivity contribution in [3.05, 3.63) is 28.2 Å². The first-order valence-corrected chi connectivity index (χ1v) is 7.25. The second-order valence-corrected chi connectivity index (χ2v) is 5.69. The first kappa shape index (κ1) is 17.6. The third-order valence-corrected chi connectivity index (χ3v) is 3.54. The van der Waals surface area contributed by atoms with Crippen LogP contribution in [-0.2, 0) is 0 Å². The van der Waals surface area contributed by atoms with Gasteiger partial charge in [0.25, 0.3) is 0 Å². The minimum atomic E-state index is -4.34. The lowest BCUT2D eigenvalue weighted by molar-refractivity contribution is -0.0327. The van der Waals surface area contributed by atoms with Crippen LogP contribution in [0.2, 0.25) is 0 Å². The summed E-state index contributed by atoms with van der Waals surface area (Å²) in [5.74, 6) is -1.47. The molecule has 1 aromatic carbocycles. The van der Waals surface area contributed by atoms with Gasteiger partial charge in [0.05, 0.1) is 11.3 Å². The van der Waals surface area contributed by atoms with E-state index < -0.39 is 17.5 Å². The topological polar surface area (TPSA) is 78.4 Å². The monoisotopic (exact) mass is 386 g/mol. The maximum Gasteiger partial charge on any atom is 0.441 e. The molecule has 0 aliphatic rings. The zero-order valence-electron chi connectivity index (χ0n) is 10.3. The Kier molecular flexibility index (Phi) is 6.34. The molecule has 0 fully saturated rings. The quantitative estimate of drug-likeness (QED) is 0.676. The Balaban J connectivity index is 2.51. The molecule has 3 N–H and O–H groups in total. The van der Waals surface area contributed by atoms with E-state index in [2.05, 4.69) is 26.6 Å². The summed E-state index contributed by atoms with van der Waals surface area (Å²) in [5, 5.41) is 13.4. The number of hydrogen-bond acceptors (Lipinski definition) is 3. The summed E-state index contributed by atoms with van der Waals surface area (Å²) in [7, 11) is 0. The summed E-state index contributed by atoms with van der Waals surface area (Å²) in [4.78, 5) is 22.3. The Morgan fingerprint density at radius 3 is 2.57 bits per heavy atom. The van der Waals surface area contributed by atoms with Crippen LogP contribution in [0.4, 0.5) is 23.7 Å². The molecule has 0 bridgehead atoms. The minimum absolute atomic E-state index is 0.0267. The van der Waals surface area contributed by atoms with E-state index in [1.807, 2.05) is 0 Å². The van der Waals surface area contributed by atoms with Crippen LogP contribution in [0.3, 0.4) is 0 Å². The highest BCUT2D eigenvalue weighted by Crippen LogP contribution is 2.29. The van der Waals surface area contributed by atoms with E-state index in [1.165, 1.54) is 18.2 Å². The number of carbonyl (C=O) groups is 2. The average molecular weight is 387 g/mol. The number of alkyl halides is 3. The molecule has 1 rings (SSSR count). The maximum atomic E-state index is 11.9. The molecular weight excluding hydrogens is 377 g/mol. The van der Waals surface area contributed by atoms with Crippen LogP contribution < -0.4 is 10.6 Å². The lowest BCUT2D eigenvalue weighted by Crippen LogP contribution is -2.31. The van der Waals surface area contributed by atoms with Gasteiger partial charge >= 0.3 is 17.5 Å². The Hall–Kier alpha value is -1.42. The van der Waals surface area contributed by atoms with Crippen molar-refractivity contribution in [1.82, 2.24) is 5.32 Å². The molecule has 0 saturated heterocycles. The summed E-state index contributed by atoms with van der Waals surface area (Å²) in [5.41, 5.74) is -4.16. The maximum absolute atomic E-state index is 11.9. The van der Waals surface area contributed by atoms with Gasteiger partial charge in [-0.05, 0) is 45.9 Å². The van der Waals surface area contributed by atoms with Crippen molar-refractivity contribution in [1.29, 1.82) is 0 Å². The molecule has 0 aliphatic carbocycles. The van der Waals surface area contributed by atoms with E-state index in [1.54, 1.807) is 0 Å². The van der Waals surface area contributed by atoms with Crippen LogP contribution in [0, 0.1) is 0 Å². The summed E-state index contributed by atoms with van der Waals surface area (Å²) >= 11 is 2.89. The third kappa shape index (κ3) is 6.71. The van der Waals surface area contributed by atoms with Crippen LogP contribution in [-0.4, -0.2) is 34.9 Å². The molecule has 0 aromatic heterocycles. The Morgan fingerprint density at radius 1 is 1.33 bits per heavy atom. The van der Waals surface area contributed by atoms with Gasteiger partial charge in [0, 0.05) is 16.8 Å². The van der Waals surface area contributed by atoms with Crippen molar-refractivity contribution in [2.75, 3.05) is 17.6 Å². The molecule has 116 valence electrons. The molecule has 2 amide bonds. The number of aromatic carboxylic acids is 1. The smallest absolute Gasteiger partial charge is 0.441 e. The number of halogens is 4. The largest absolute Gasteiger partial charge is 0.478 e. The zero-order chi connectivity index (χ0) is 16.0. The number of rotatable bonds is 5. The highest BCUT2D eigenvalue weighted by Gasteiger charge is 2.27. The van der Waals surface area contributed by atoms with E-state index in [-0.39, 0.29) is 35.3 Å². The van der Waals surface area contributed by atoms with Crippen molar-refractivity contribution < 1.29 is 27.9 Å². The van der Waals surface area contributed by atoms with E-state index in [9.17, 15) is 22.8 Å².